The number of para-hydroxylation sites is 2. The number of pyridine rings is 1. The van der Waals surface area contributed by atoms with Crippen LogP contribution in [-0.4, -0.2) is 12.1 Å². The molecule has 0 atom stereocenters. The third-order valence-electron chi connectivity index (χ3n) is 3.39. The maximum atomic E-state index is 14.3. The van der Waals surface area contributed by atoms with E-state index in [1.807, 2.05) is 6.07 Å². The normalized spacial score (nSPS) is 9.96. The Bertz CT molecular complexity index is 921. The van der Waals surface area contributed by atoms with Gasteiger partial charge in [-0.25, -0.2) is 9.37 Å². The maximum absolute atomic E-state index is 14.3. The average Bonchev–Trinajstić information content (AvgIpc) is 2.65. The molecular weight excluding hydrogens is 321 g/mol. The quantitative estimate of drug-likeness (QED) is 0.736. The van der Waals surface area contributed by atoms with Crippen LogP contribution in [0, 0.1) is 17.1 Å². The molecule has 3 rings (SSSR count). The van der Waals surface area contributed by atoms with Gasteiger partial charge in [0.25, 0.3) is 0 Å². The summed E-state index contributed by atoms with van der Waals surface area (Å²) in [4.78, 5) is 4.08. The Balaban J connectivity index is 1.77. The van der Waals surface area contributed by atoms with Crippen molar-refractivity contribution in [2.24, 2.45) is 0 Å². The molecule has 0 saturated carbocycles. The molecule has 0 bridgehead atoms. The van der Waals surface area contributed by atoms with Gasteiger partial charge in [0.1, 0.15) is 11.9 Å². The Morgan fingerprint density at radius 2 is 1.84 bits per heavy atom. The van der Waals surface area contributed by atoms with E-state index >= 15 is 0 Å². The van der Waals surface area contributed by atoms with Gasteiger partial charge in [-0.15, -0.1) is 0 Å². The molecule has 0 fully saturated rings. The molecule has 3 aromatic rings. The summed E-state index contributed by atoms with van der Waals surface area (Å²) < 4.78 is 25.1. The highest BCUT2D eigenvalue weighted by Gasteiger charge is 2.10. The van der Waals surface area contributed by atoms with Crippen molar-refractivity contribution >= 4 is 11.5 Å². The first-order valence-electron chi connectivity index (χ1n) is 7.43. The zero-order valence-corrected chi connectivity index (χ0v) is 13.4. The highest BCUT2D eigenvalue weighted by atomic mass is 19.1. The molecule has 0 aliphatic heterocycles. The van der Waals surface area contributed by atoms with Crippen molar-refractivity contribution in [2.75, 3.05) is 12.4 Å². The van der Waals surface area contributed by atoms with E-state index in [-0.39, 0.29) is 5.75 Å². The second-order valence-corrected chi connectivity index (χ2v) is 5.07. The van der Waals surface area contributed by atoms with Crippen LogP contribution in [0.1, 0.15) is 5.56 Å². The van der Waals surface area contributed by atoms with Gasteiger partial charge < -0.3 is 14.8 Å². The summed E-state index contributed by atoms with van der Waals surface area (Å²) in [6.45, 7) is 0. The molecule has 1 aromatic heterocycles. The van der Waals surface area contributed by atoms with Gasteiger partial charge in [0.2, 0.25) is 0 Å². The predicted octanol–water partition coefficient (Wildman–Crippen LogP) is 4.64. The third kappa shape index (κ3) is 3.85. The van der Waals surface area contributed by atoms with E-state index in [1.54, 1.807) is 42.5 Å². The summed E-state index contributed by atoms with van der Waals surface area (Å²) in [5.74, 6) is 1.02. The lowest BCUT2D eigenvalue weighted by atomic mass is 10.2. The molecule has 6 heteroatoms. The number of hydrogen-bond acceptors (Lipinski definition) is 5. The molecule has 25 heavy (non-hydrogen) atoms. The summed E-state index contributed by atoms with van der Waals surface area (Å²) in [6, 6.07) is 16.8. The summed E-state index contributed by atoms with van der Waals surface area (Å²) in [6.07, 6.45) is 1.44. The molecule has 2 aromatic carbocycles. The zero-order valence-electron chi connectivity index (χ0n) is 13.4. The first-order valence-corrected chi connectivity index (χ1v) is 7.43. The van der Waals surface area contributed by atoms with E-state index in [0.717, 1.165) is 0 Å². The largest absolute Gasteiger partial charge is 0.493 e. The number of benzene rings is 2. The minimum atomic E-state index is -0.524. The number of methoxy groups -OCH3 is 1. The van der Waals surface area contributed by atoms with Gasteiger partial charge in [-0.05, 0) is 36.4 Å². The Labute approximate surface area is 144 Å². The smallest absolute Gasteiger partial charge is 0.169 e. The second kappa shape index (κ2) is 7.32. The minimum Gasteiger partial charge on any atom is -0.493 e. The van der Waals surface area contributed by atoms with Crippen LogP contribution in [0.2, 0.25) is 0 Å². The Hall–Kier alpha value is -3.59. The summed E-state index contributed by atoms with van der Waals surface area (Å²) in [5, 5.41) is 11.7. The van der Waals surface area contributed by atoms with Crippen molar-refractivity contribution in [2.45, 2.75) is 0 Å². The van der Waals surface area contributed by atoms with Crippen molar-refractivity contribution in [3.63, 3.8) is 0 Å². The van der Waals surface area contributed by atoms with Crippen molar-refractivity contribution in [3.8, 4) is 23.3 Å². The molecular formula is C19H14FN3O2. The monoisotopic (exact) mass is 335 g/mol. The average molecular weight is 335 g/mol. The van der Waals surface area contributed by atoms with Crippen LogP contribution < -0.4 is 14.8 Å². The molecule has 124 valence electrons. The number of ether oxygens (including phenoxy) is 2. The first kappa shape index (κ1) is 16.3. The topological polar surface area (TPSA) is 67.2 Å². The molecule has 0 amide bonds. The van der Waals surface area contributed by atoms with Crippen molar-refractivity contribution in [1.82, 2.24) is 4.98 Å². The lowest BCUT2D eigenvalue weighted by Crippen LogP contribution is -1.96. The number of nitrogens with one attached hydrogen (secondary N) is 1. The van der Waals surface area contributed by atoms with E-state index < -0.39 is 5.82 Å². The number of rotatable bonds is 5. The van der Waals surface area contributed by atoms with Crippen LogP contribution in [0.3, 0.4) is 0 Å². The highest BCUT2D eigenvalue weighted by molar-refractivity contribution is 5.58. The van der Waals surface area contributed by atoms with Crippen molar-refractivity contribution in [1.29, 1.82) is 5.26 Å². The van der Waals surface area contributed by atoms with Crippen LogP contribution in [-0.2, 0) is 0 Å². The van der Waals surface area contributed by atoms with Gasteiger partial charge in [0, 0.05) is 18.0 Å². The summed E-state index contributed by atoms with van der Waals surface area (Å²) in [7, 11) is 1.52. The molecule has 0 unspecified atom stereocenters. The fourth-order valence-corrected chi connectivity index (χ4v) is 2.16. The van der Waals surface area contributed by atoms with Gasteiger partial charge in [-0.1, -0.05) is 12.1 Å². The van der Waals surface area contributed by atoms with Crippen molar-refractivity contribution < 1.29 is 13.9 Å². The van der Waals surface area contributed by atoms with Crippen molar-refractivity contribution in [3.05, 3.63) is 72.2 Å². The van der Waals surface area contributed by atoms with Crippen LogP contribution in [0.25, 0.3) is 0 Å². The molecule has 0 saturated heterocycles. The number of aromatic nitrogens is 1. The van der Waals surface area contributed by atoms with Crippen LogP contribution >= 0.6 is 0 Å². The Kier molecular flexibility index (Phi) is 4.77. The lowest BCUT2D eigenvalue weighted by molar-refractivity contribution is 0.371. The summed E-state index contributed by atoms with van der Waals surface area (Å²) in [5.41, 5.74) is 0.972. The zero-order chi connectivity index (χ0) is 17.6. The maximum Gasteiger partial charge on any atom is 0.169 e. The van der Waals surface area contributed by atoms with E-state index in [1.165, 1.54) is 25.4 Å². The molecule has 0 aliphatic rings. The standard InChI is InChI=1S/C19H14FN3O2/c1-24-17-4-2-3-5-18(17)25-16-8-7-14(10-15(16)20)23-19-9-6-13(11-21)12-22-19/h2-10,12H,1H3,(H,22,23). The number of nitrogens with zero attached hydrogens (tertiary/aromatic N) is 2. The van der Waals surface area contributed by atoms with Crippen LogP contribution in [0.4, 0.5) is 15.9 Å². The fourth-order valence-electron chi connectivity index (χ4n) is 2.16. The van der Waals surface area contributed by atoms with E-state index in [9.17, 15) is 4.39 Å². The van der Waals surface area contributed by atoms with Gasteiger partial charge in [-0.2, -0.15) is 5.26 Å². The molecule has 0 spiro atoms. The third-order valence-corrected chi connectivity index (χ3v) is 3.39. The highest BCUT2D eigenvalue weighted by Crippen LogP contribution is 2.33. The Morgan fingerprint density at radius 3 is 2.48 bits per heavy atom. The van der Waals surface area contributed by atoms with Crippen LogP contribution in [0.15, 0.2) is 60.8 Å². The number of halogens is 1. The molecule has 0 radical (unpaired) electrons. The van der Waals surface area contributed by atoms with Gasteiger partial charge in [-0.3, -0.25) is 0 Å². The molecule has 1 N–H and O–H groups in total. The first-order chi connectivity index (χ1) is 12.2. The van der Waals surface area contributed by atoms with E-state index in [0.29, 0.717) is 28.6 Å². The second-order valence-electron chi connectivity index (χ2n) is 5.07. The molecule has 1 heterocycles. The van der Waals surface area contributed by atoms with E-state index in [2.05, 4.69) is 10.3 Å². The summed E-state index contributed by atoms with van der Waals surface area (Å²) >= 11 is 0. The van der Waals surface area contributed by atoms with Gasteiger partial charge >= 0.3 is 0 Å². The SMILES string of the molecule is COc1ccccc1Oc1ccc(Nc2ccc(C#N)cn2)cc1F. The molecule has 0 aliphatic carbocycles. The Morgan fingerprint density at radius 1 is 1.04 bits per heavy atom. The number of anilines is 2. The van der Waals surface area contributed by atoms with Gasteiger partial charge in [0.15, 0.2) is 23.1 Å². The lowest BCUT2D eigenvalue weighted by Gasteiger charge is -2.12. The molecule has 5 nitrogen and oxygen atoms in total. The van der Waals surface area contributed by atoms with E-state index in [4.69, 9.17) is 14.7 Å². The predicted molar refractivity (Wildman–Crippen MR) is 91.7 cm³/mol. The number of nitriles is 1. The number of hydrogen-bond donors (Lipinski definition) is 1. The fraction of sp³-hybridized carbons (Fsp3) is 0.0526. The minimum absolute atomic E-state index is 0.0860. The van der Waals surface area contributed by atoms with Crippen LogP contribution in [0.5, 0.6) is 17.2 Å². The van der Waals surface area contributed by atoms with Gasteiger partial charge in [0.05, 0.1) is 12.7 Å².